The Morgan fingerprint density at radius 1 is 1.67 bits per heavy atom. The third-order valence-electron chi connectivity index (χ3n) is 3.35. The lowest BCUT2D eigenvalue weighted by molar-refractivity contribution is 0.0614. The lowest BCUT2D eigenvalue weighted by Gasteiger charge is -2.29. The molecule has 0 bridgehead atoms. The topological polar surface area (TPSA) is 38.5 Å². The van der Waals surface area contributed by atoms with Crippen molar-refractivity contribution in [2.45, 2.75) is 32.4 Å². The molecule has 3 nitrogen and oxygen atoms in total. The van der Waals surface area contributed by atoms with Crippen LogP contribution in [-0.4, -0.2) is 37.2 Å². The van der Waals surface area contributed by atoms with Crippen molar-refractivity contribution in [1.29, 1.82) is 0 Å². The van der Waals surface area contributed by atoms with Gasteiger partial charge in [-0.15, -0.1) is 11.3 Å². The van der Waals surface area contributed by atoms with Gasteiger partial charge in [0.15, 0.2) is 0 Å². The predicted molar refractivity (Wildman–Crippen MR) is 80.2 cm³/mol. The Labute approximate surface area is 121 Å². The van der Waals surface area contributed by atoms with Gasteiger partial charge < -0.3 is 10.5 Å². The summed E-state index contributed by atoms with van der Waals surface area (Å²) in [5.41, 5.74) is 6.00. The molecule has 2 N–H and O–H groups in total. The number of nitrogens with two attached hydrogens (primary N) is 1. The molecule has 2 rings (SSSR count). The SMILES string of the molecule is Cc1sc(C(CN)N2CCCOC(C)C2)cc1Br. The van der Waals surface area contributed by atoms with Gasteiger partial charge in [-0.1, -0.05) is 0 Å². The average Bonchev–Trinajstić information content (AvgIpc) is 2.53. The molecule has 0 aliphatic carbocycles. The minimum Gasteiger partial charge on any atom is -0.377 e. The molecule has 0 radical (unpaired) electrons. The zero-order chi connectivity index (χ0) is 13.1. The quantitative estimate of drug-likeness (QED) is 0.924. The summed E-state index contributed by atoms with van der Waals surface area (Å²) in [7, 11) is 0. The van der Waals surface area contributed by atoms with Gasteiger partial charge in [0.2, 0.25) is 0 Å². The molecule has 18 heavy (non-hydrogen) atoms. The highest BCUT2D eigenvalue weighted by Gasteiger charge is 2.24. The number of rotatable bonds is 3. The average molecular weight is 333 g/mol. The van der Waals surface area contributed by atoms with E-state index in [9.17, 15) is 0 Å². The smallest absolute Gasteiger partial charge is 0.0674 e. The van der Waals surface area contributed by atoms with E-state index in [1.165, 1.54) is 14.2 Å². The van der Waals surface area contributed by atoms with Crippen LogP contribution >= 0.6 is 27.3 Å². The van der Waals surface area contributed by atoms with Crippen LogP contribution in [0.2, 0.25) is 0 Å². The van der Waals surface area contributed by atoms with Gasteiger partial charge in [-0.05, 0) is 42.3 Å². The van der Waals surface area contributed by atoms with Crippen molar-refractivity contribution in [2.24, 2.45) is 5.73 Å². The fraction of sp³-hybridized carbons (Fsp3) is 0.692. The molecule has 0 spiro atoms. The van der Waals surface area contributed by atoms with Crippen molar-refractivity contribution in [3.8, 4) is 0 Å². The summed E-state index contributed by atoms with van der Waals surface area (Å²) in [6, 6.07) is 2.54. The first-order chi connectivity index (χ1) is 8.61. The molecular weight excluding hydrogens is 312 g/mol. The van der Waals surface area contributed by atoms with E-state index in [1.54, 1.807) is 0 Å². The Morgan fingerprint density at radius 2 is 2.44 bits per heavy atom. The molecule has 2 unspecified atom stereocenters. The van der Waals surface area contributed by atoms with Crippen LogP contribution < -0.4 is 5.73 Å². The molecule has 102 valence electrons. The molecule has 1 aliphatic heterocycles. The Bertz CT molecular complexity index is 377. The number of halogens is 1. The summed E-state index contributed by atoms with van der Waals surface area (Å²) >= 11 is 5.43. The highest BCUT2D eigenvalue weighted by molar-refractivity contribution is 9.10. The van der Waals surface area contributed by atoms with Gasteiger partial charge in [-0.25, -0.2) is 0 Å². The Balaban J connectivity index is 2.16. The van der Waals surface area contributed by atoms with Gasteiger partial charge in [-0.3, -0.25) is 4.90 Å². The fourth-order valence-corrected chi connectivity index (χ4v) is 4.11. The third kappa shape index (κ3) is 3.33. The molecule has 2 atom stereocenters. The third-order valence-corrected chi connectivity index (χ3v) is 5.59. The molecule has 2 heterocycles. The number of hydrogen-bond acceptors (Lipinski definition) is 4. The molecule has 5 heteroatoms. The molecule has 1 aromatic rings. The number of hydrogen-bond donors (Lipinski definition) is 1. The normalized spacial score (nSPS) is 23.9. The minimum absolute atomic E-state index is 0.297. The second kappa shape index (κ2) is 6.48. The standard InChI is InChI=1S/C13H21BrN2OS/c1-9-8-16(4-3-5-17-9)12(7-15)13-6-11(14)10(2)18-13/h6,9,12H,3-5,7-8,15H2,1-2H3. The number of nitrogens with zero attached hydrogens (tertiary/aromatic N) is 1. The largest absolute Gasteiger partial charge is 0.377 e. The molecule has 1 aliphatic rings. The van der Waals surface area contributed by atoms with Crippen molar-refractivity contribution < 1.29 is 4.74 Å². The van der Waals surface area contributed by atoms with Crippen LogP contribution in [0.5, 0.6) is 0 Å². The van der Waals surface area contributed by atoms with E-state index in [4.69, 9.17) is 10.5 Å². The highest BCUT2D eigenvalue weighted by Crippen LogP contribution is 2.33. The molecule has 1 fully saturated rings. The second-order valence-corrected chi connectivity index (χ2v) is 6.98. The van der Waals surface area contributed by atoms with Crippen LogP contribution in [0, 0.1) is 6.92 Å². The van der Waals surface area contributed by atoms with Gasteiger partial charge in [0.1, 0.15) is 0 Å². The molecule has 0 amide bonds. The van der Waals surface area contributed by atoms with Gasteiger partial charge in [0.25, 0.3) is 0 Å². The maximum Gasteiger partial charge on any atom is 0.0674 e. The van der Waals surface area contributed by atoms with E-state index in [0.29, 0.717) is 18.7 Å². The Kier molecular flexibility index (Phi) is 5.21. The summed E-state index contributed by atoms with van der Waals surface area (Å²) in [6.45, 7) is 7.85. The van der Waals surface area contributed by atoms with Crippen LogP contribution in [0.3, 0.4) is 0 Å². The van der Waals surface area contributed by atoms with Crippen LogP contribution in [-0.2, 0) is 4.74 Å². The highest BCUT2D eigenvalue weighted by atomic mass is 79.9. The van der Waals surface area contributed by atoms with E-state index in [2.05, 4.69) is 40.7 Å². The minimum atomic E-state index is 0.297. The van der Waals surface area contributed by atoms with Crippen LogP contribution in [0.4, 0.5) is 0 Å². The fourth-order valence-electron chi connectivity index (χ4n) is 2.40. The van der Waals surface area contributed by atoms with Gasteiger partial charge in [0, 0.05) is 40.5 Å². The second-order valence-electron chi connectivity index (χ2n) is 4.83. The van der Waals surface area contributed by atoms with Crippen LogP contribution in [0.1, 0.15) is 29.1 Å². The van der Waals surface area contributed by atoms with Crippen LogP contribution in [0.25, 0.3) is 0 Å². The van der Waals surface area contributed by atoms with Crippen LogP contribution in [0.15, 0.2) is 10.5 Å². The summed E-state index contributed by atoms with van der Waals surface area (Å²) < 4.78 is 6.90. The first-order valence-corrected chi connectivity index (χ1v) is 8.04. The number of aryl methyl sites for hydroxylation is 1. The summed E-state index contributed by atoms with van der Waals surface area (Å²) in [5, 5.41) is 0. The number of ether oxygens (including phenoxy) is 1. The molecule has 0 saturated carbocycles. The summed E-state index contributed by atoms with van der Waals surface area (Å²) in [4.78, 5) is 5.15. The maximum absolute atomic E-state index is 6.00. The molecule has 1 aromatic heterocycles. The molecule has 0 aromatic carbocycles. The van der Waals surface area contributed by atoms with Crippen molar-refractivity contribution in [3.05, 3.63) is 20.3 Å². The van der Waals surface area contributed by atoms with Crippen molar-refractivity contribution in [3.63, 3.8) is 0 Å². The zero-order valence-corrected chi connectivity index (χ0v) is 13.4. The Hall–Kier alpha value is 0.0600. The first-order valence-electron chi connectivity index (χ1n) is 6.43. The lowest BCUT2D eigenvalue weighted by Crippen LogP contribution is -2.37. The predicted octanol–water partition coefficient (Wildman–Crippen LogP) is 2.93. The zero-order valence-electron chi connectivity index (χ0n) is 11.0. The van der Waals surface area contributed by atoms with Crippen molar-refractivity contribution in [2.75, 3.05) is 26.2 Å². The van der Waals surface area contributed by atoms with Crippen molar-refractivity contribution >= 4 is 27.3 Å². The monoisotopic (exact) mass is 332 g/mol. The van der Waals surface area contributed by atoms with E-state index in [1.807, 2.05) is 11.3 Å². The van der Waals surface area contributed by atoms with Gasteiger partial charge in [0.05, 0.1) is 12.1 Å². The van der Waals surface area contributed by atoms with E-state index in [0.717, 1.165) is 26.1 Å². The summed E-state index contributed by atoms with van der Waals surface area (Å²) in [5.74, 6) is 0. The van der Waals surface area contributed by atoms with Gasteiger partial charge in [-0.2, -0.15) is 0 Å². The lowest BCUT2D eigenvalue weighted by atomic mass is 10.2. The van der Waals surface area contributed by atoms with Crippen molar-refractivity contribution in [1.82, 2.24) is 4.90 Å². The van der Waals surface area contributed by atoms with Gasteiger partial charge >= 0.3 is 0 Å². The Morgan fingerprint density at radius 3 is 3.06 bits per heavy atom. The van der Waals surface area contributed by atoms with E-state index < -0.39 is 0 Å². The first kappa shape index (κ1) is 14.5. The number of thiophene rings is 1. The maximum atomic E-state index is 6.00. The molecular formula is C13H21BrN2OS. The summed E-state index contributed by atoms with van der Waals surface area (Å²) in [6.07, 6.45) is 1.39. The van der Waals surface area contributed by atoms with E-state index in [-0.39, 0.29) is 0 Å². The molecule has 1 saturated heterocycles. The van der Waals surface area contributed by atoms with E-state index >= 15 is 0 Å².